The predicted molar refractivity (Wildman–Crippen MR) is 135 cm³/mol. The van der Waals surface area contributed by atoms with Gasteiger partial charge in [-0.1, -0.05) is 48.9 Å². The largest absolute Gasteiger partial charge is 0.438 e. The molecule has 3 amide bonds. The lowest BCUT2D eigenvalue weighted by molar-refractivity contribution is -0.121. The van der Waals surface area contributed by atoms with E-state index in [9.17, 15) is 18.8 Å². The summed E-state index contributed by atoms with van der Waals surface area (Å²) in [5.74, 6) is -0.958. The highest BCUT2D eigenvalue weighted by molar-refractivity contribution is 5.98. The van der Waals surface area contributed by atoms with Crippen LogP contribution in [-0.2, 0) is 20.9 Å². The normalized spacial score (nSPS) is 17.0. The van der Waals surface area contributed by atoms with Gasteiger partial charge in [-0.25, -0.2) is 9.18 Å². The number of rotatable bonds is 8. The first-order valence-electron chi connectivity index (χ1n) is 11.8. The van der Waals surface area contributed by atoms with Gasteiger partial charge in [-0.3, -0.25) is 14.5 Å². The van der Waals surface area contributed by atoms with Crippen LogP contribution in [0.2, 0.25) is 0 Å². The molecule has 0 aromatic heterocycles. The summed E-state index contributed by atoms with van der Waals surface area (Å²) in [6, 6.07) is 19.0. The van der Waals surface area contributed by atoms with Crippen LogP contribution in [0.1, 0.15) is 42.6 Å². The molecule has 36 heavy (non-hydrogen) atoms. The molecule has 1 aliphatic heterocycles. The van der Waals surface area contributed by atoms with E-state index < -0.39 is 30.0 Å². The molecular weight excluding hydrogens is 461 g/mol. The van der Waals surface area contributed by atoms with Gasteiger partial charge in [-0.2, -0.15) is 0 Å². The quantitative estimate of drug-likeness (QED) is 0.433. The Kier molecular flexibility index (Phi) is 7.63. The molecule has 4 rings (SSSR count). The fourth-order valence-corrected chi connectivity index (χ4v) is 4.06. The van der Waals surface area contributed by atoms with Crippen LogP contribution in [0.15, 0.2) is 72.8 Å². The maximum Gasteiger partial charge on any atom is 0.411 e. The van der Waals surface area contributed by atoms with Crippen LogP contribution in [0.25, 0.3) is 0 Å². The number of nitrogens with zero attached hydrogens (tertiary/aromatic N) is 1. The van der Waals surface area contributed by atoms with Crippen LogP contribution in [0.5, 0.6) is 0 Å². The number of halogens is 1. The zero-order chi connectivity index (χ0) is 25.7. The number of carbonyl (C=O) groups excluding carboxylic acids is 3. The molecule has 0 saturated carbocycles. The van der Waals surface area contributed by atoms with Gasteiger partial charge in [-0.05, 0) is 60.9 Å². The predicted octanol–water partition coefficient (Wildman–Crippen LogP) is 5.57. The zero-order valence-corrected chi connectivity index (χ0v) is 20.2. The molecule has 0 aliphatic carbocycles. The monoisotopic (exact) mass is 489 g/mol. The van der Waals surface area contributed by atoms with Crippen LogP contribution in [0.3, 0.4) is 0 Å². The minimum atomic E-state index is -0.968. The summed E-state index contributed by atoms with van der Waals surface area (Å²) in [6.45, 7) is 4.08. The summed E-state index contributed by atoms with van der Waals surface area (Å²) in [6.07, 6.45) is -0.325. The van der Waals surface area contributed by atoms with Crippen LogP contribution < -0.4 is 10.6 Å². The average molecular weight is 490 g/mol. The Morgan fingerprint density at radius 1 is 0.917 bits per heavy atom. The maximum atomic E-state index is 13.4. The highest BCUT2D eigenvalue weighted by atomic mass is 19.1. The Balaban J connectivity index is 1.60. The maximum absolute atomic E-state index is 13.4. The van der Waals surface area contributed by atoms with Crippen molar-refractivity contribution in [2.75, 3.05) is 10.6 Å². The molecule has 1 fully saturated rings. The molecule has 2 N–H and O–H groups in total. The average Bonchev–Trinajstić information content (AvgIpc) is 3.18. The van der Waals surface area contributed by atoms with Crippen molar-refractivity contribution in [1.29, 1.82) is 0 Å². The molecule has 1 aliphatic rings. The molecule has 0 unspecified atom stereocenters. The lowest BCUT2D eigenvalue weighted by Crippen LogP contribution is -2.43. The second-order valence-electron chi connectivity index (χ2n) is 8.78. The van der Waals surface area contributed by atoms with Gasteiger partial charge < -0.3 is 15.4 Å². The molecule has 0 radical (unpaired) electrons. The number of carbonyl (C=O) groups is 3. The van der Waals surface area contributed by atoms with Crippen molar-refractivity contribution >= 4 is 29.3 Å². The molecule has 2 atom stereocenters. The second-order valence-corrected chi connectivity index (χ2v) is 8.78. The lowest BCUT2D eigenvalue weighted by Gasteiger charge is -2.24. The highest BCUT2D eigenvalue weighted by Crippen LogP contribution is 2.35. The first-order chi connectivity index (χ1) is 17.3. The van der Waals surface area contributed by atoms with E-state index in [1.807, 2.05) is 38.1 Å². The Morgan fingerprint density at radius 3 is 2.17 bits per heavy atom. The summed E-state index contributed by atoms with van der Waals surface area (Å²) >= 11 is 0. The number of hydrogen-bond acceptors (Lipinski definition) is 4. The molecule has 0 spiro atoms. The van der Waals surface area contributed by atoms with E-state index in [1.54, 1.807) is 24.3 Å². The summed E-state index contributed by atoms with van der Waals surface area (Å²) in [7, 11) is 0. The number of benzene rings is 3. The lowest BCUT2D eigenvalue weighted by atomic mass is 10.00. The third-order valence-corrected chi connectivity index (χ3v) is 5.94. The van der Waals surface area contributed by atoms with Crippen molar-refractivity contribution in [3.05, 3.63) is 95.3 Å². The van der Waals surface area contributed by atoms with Crippen molar-refractivity contribution in [1.82, 2.24) is 4.90 Å². The van der Waals surface area contributed by atoms with Gasteiger partial charge in [0.05, 0.1) is 6.54 Å². The molecule has 1 heterocycles. The van der Waals surface area contributed by atoms with Gasteiger partial charge in [0, 0.05) is 17.8 Å². The molecular formula is C28H28FN3O4. The molecule has 186 valence electrons. The van der Waals surface area contributed by atoms with Crippen molar-refractivity contribution in [2.45, 2.75) is 45.4 Å². The van der Waals surface area contributed by atoms with E-state index in [4.69, 9.17) is 4.74 Å². The molecule has 3 aromatic rings. The fraction of sp³-hybridized carbons (Fsp3) is 0.250. The Bertz CT molecular complexity index is 1230. The smallest absolute Gasteiger partial charge is 0.411 e. The van der Waals surface area contributed by atoms with Gasteiger partial charge in [0.25, 0.3) is 5.91 Å². The van der Waals surface area contributed by atoms with Crippen LogP contribution in [-0.4, -0.2) is 28.8 Å². The zero-order valence-electron chi connectivity index (χ0n) is 20.2. The van der Waals surface area contributed by atoms with E-state index in [-0.39, 0.29) is 12.5 Å². The fourth-order valence-electron chi connectivity index (χ4n) is 4.06. The highest BCUT2D eigenvalue weighted by Gasteiger charge is 2.47. The number of nitrogens with one attached hydrogen (secondary N) is 2. The Morgan fingerprint density at radius 2 is 1.53 bits per heavy atom. The number of ether oxygens (including phenoxy) is 1. The molecule has 8 heteroatoms. The summed E-state index contributed by atoms with van der Waals surface area (Å²) in [5.41, 5.74) is 3.57. The van der Waals surface area contributed by atoms with Gasteiger partial charge in [0.2, 0.25) is 5.91 Å². The number of hydrogen-bond donors (Lipinski definition) is 2. The van der Waals surface area contributed by atoms with Crippen LogP contribution in [0.4, 0.5) is 20.6 Å². The Labute approximate surface area is 209 Å². The van der Waals surface area contributed by atoms with Gasteiger partial charge in [0.1, 0.15) is 5.82 Å². The van der Waals surface area contributed by atoms with E-state index >= 15 is 0 Å². The van der Waals surface area contributed by atoms with Gasteiger partial charge in [0.15, 0.2) is 12.1 Å². The van der Waals surface area contributed by atoms with Crippen molar-refractivity contribution < 1.29 is 23.5 Å². The minimum absolute atomic E-state index is 0.0848. The first kappa shape index (κ1) is 24.9. The van der Waals surface area contributed by atoms with Crippen molar-refractivity contribution in [2.24, 2.45) is 0 Å². The number of cyclic esters (lactones) is 1. The standard InChI is InChI=1S/C28H28FN3O4/c1-3-4-24(33)30-22-13-9-20(10-14-22)26-25(27(34)31-23-15-11-21(29)12-16-23)32(28(35)36-26)17-19-7-5-18(2)6-8-19/h5-16,25-26H,3-4,17H2,1-2H3,(H,30,33)(H,31,34)/t25-,26-/m0/s1. The van der Waals surface area contributed by atoms with E-state index in [2.05, 4.69) is 10.6 Å². The Hall–Kier alpha value is -4.20. The minimum Gasteiger partial charge on any atom is -0.438 e. The van der Waals surface area contributed by atoms with Gasteiger partial charge >= 0.3 is 6.09 Å². The van der Waals surface area contributed by atoms with Crippen molar-refractivity contribution in [3.8, 4) is 0 Å². The number of amides is 3. The topological polar surface area (TPSA) is 87.7 Å². The van der Waals surface area contributed by atoms with E-state index in [0.29, 0.717) is 23.4 Å². The molecule has 3 aromatic carbocycles. The number of aryl methyl sites for hydroxylation is 1. The summed E-state index contributed by atoms with van der Waals surface area (Å²) in [4.78, 5) is 39.7. The number of anilines is 2. The van der Waals surface area contributed by atoms with Gasteiger partial charge in [-0.15, -0.1) is 0 Å². The van der Waals surface area contributed by atoms with E-state index in [1.165, 1.54) is 29.2 Å². The van der Waals surface area contributed by atoms with Crippen LogP contribution >= 0.6 is 0 Å². The third-order valence-electron chi connectivity index (χ3n) is 5.94. The molecule has 1 saturated heterocycles. The molecule has 7 nitrogen and oxygen atoms in total. The summed E-state index contributed by atoms with van der Waals surface area (Å²) in [5, 5.41) is 5.59. The van der Waals surface area contributed by atoms with Crippen molar-refractivity contribution in [3.63, 3.8) is 0 Å². The SMILES string of the molecule is CCCC(=O)Nc1ccc([C@@H]2OC(=O)N(Cc3ccc(C)cc3)[C@@H]2C(=O)Nc2ccc(F)cc2)cc1. The first-order valence-corrected chi connectivity index (χ1v) is 11.8. The third kappa shape index (κ3) is 5.89. The van der Waals surface area contributed by atoms with Crippen LogP contribution in [0, 0.1) is 12.7 Å². The van der Waals surface area contributed by atoms with E-state index in [0.717, 1.165) is 17.5 Å². The second kappa shape index (κ2) is 11.0. The summed E-state index contributed by atoms with van der Waals surface area (Å²) < 4.78 is 19.0. The molecule has 0 bridgehead atoms.